The van der Waals surface area contributed by atoms with Gasteiger partial charge in [-0.25, -0.2) is 8.78 Å². The third-order valence-electron chi connectivity index (χ3n) is 3.27. The van der Waals surface area contributed by atoms with Gasteiger partial charge in [-0.05, 0) is 18.6 Å². The number of piperazine rings is 1. The first-order chi connectivity index (χ1) is 9.52. The molecule has 1 aliphatic heterocycles. The predicted octanol–water partition coefficient (Wildman–Crippen LogP) is 1.59. The van der Waals surface area contributed by atoms with Crippen LogP contribution in [0.3, 0.4) is 0 Å². The molecule has 1 unspecified atom stereocenters. The summed E-state index contributed by atoms with van der Waals surface area (Å²) in [6, 6.07) is 2.93. The minimum Gasteiger partial charge on any atom is -0.343 e. The predicted molar refractivity (Wildman–Crippen MR) is 68.6 cm³/mol. The summed E-state index contributed by atoms with van der Waals surface area (Å²) in [4.78, 5) is 24.9. The van der Waals surface area contributed by atoms with Crippen molar-refractivity contribution in [3.8, 4) is 0 Å². The van der Waals surface area contributed by atoms with Gasteiger partial charge in [-0.3, -0.25) is 9.59 Å². The van der Waals surface area contributed by atoms with Crippen molar-refractivity contribution in [2.24, 2.45) is 0 Å². The summed E-state index contributed by atoms with van der Waals surface area (Å²) in [5, 5.41) is 2.59. The van der Waals surface area contributed by atoms with Crippen LogP contribution in [-0.2, 0) is 16.1 Å². The van der Waals surface area contributed by atoms with Crippen LogP contribution in [-0.4, -0.2) is 29.3 Å². The molecule has 1 saturated heterocycles. The third kappa shape index (κ3) is 2.95. The first kappa shape index (κ1) is 14.4. The Bertz CT molecular complexity index is 514. The molecule has 108 valence electrons. The van der Waals surface area contributed by atoms with Gasteiger partial charge in [0, 0.05) is 5.56 Å². The Balaban J connectivity index is 2.19. The number of amides is 2. The molecule has 0 aliphatic carbocycles. The summed E-state index contributed by atoms with van der Waals surface area (Å²) in [5.74, 6) is -2.03. The molecule has 0 aromatic heterocycles. The fraction of sp³-hybridized carbons (Fsp3) is 0.429. The van der Waals surface area contributed by atoms with E-state index in [0.29, 0.717) is 6.42 Å². The fourth-order valence-corrected chi connectivity index (χ4v) is 2.27. The fourth-order valence-electron chi connectivity index (χ4n) is 2.27. The molecule has 1 aromatic carbocycles. The van der Waals surface area contributed by atoms with Crippen molar-refractivity contribution in [1.82, 2.24) is 10.2 Å². The highest BCUT2D eigenvalue weighted by molar-refractivity contribution is 5.94. The molecule has 0 radical (unpaired) electrons. The van der Waals surface area contributed by atoms with E-state index in [1.807, 2.05) is 6.92 Å². The van der Waals surface area contributed by atoms with Crippen molar-refractivity contribution in [2.45, 2.75) is 32.4 Å². The van der Waals surface area contributed by atoms with E-state index < -0.39 is 17.7 Å². The van der Waals surface area contributed by atoms with E-state index in [1.165, 1.54) is 11.0 Å². The largest absolute Gasteiger partial charge is 0.343 e. The van der Waals surface area contributed by atoms with Gasteiger partial charge in [0.05, 0.1) is 13.1 Å². The van der Waals surface area contributed by atoms with Gasteiger partial charge in [-0.15, -0.1) is 0 Å². The summed E-state index contributed by atoms with van der Waals surface area (Å²) in [6.07, 6.45) is 1.25. The Labute approximate surface area is 115 Å². The standard InChI is InChI=1S/C14H16F2N2O2/c1-2-4-12-14(20)18(8-13(19)17-12)7-9-10(15)5-3-6-11(9)16/h3,5-6,12H,2,4,7-8H2,1H3,(H,17,19). The number of nitrogens with one attached hydrogen (secondary N) is 1. The van der Waals surface area contributed by atoms with Crippen LogP contribution in [0.4, 0.5) is 8.78 Å². The van der Waals surface area contributed by atoms with Crippen molar-refractivity contribution in [2.75, 3.05) is 6.54 Å². The lowest BCUT2D eigenvalue weighted by molar-refractivity contribution is -0.145. The van der Waals surface area contributed by atoms with Gasteiger partial charge in [0.1, 0.15) is 17.7 Å². The number of hydrogen-bond donors (Lipinski definition) is 1. The first-order valence-electron chi connectivity index (χ1n) is 6.54. The van der Waals surface area contributed by atoms with E-state index in [9.17, 15) is 18.4 Å². The maximum absolute atomic E-state index is 13.6. The van der Waals surface area contributed by atoms with Crippen molar-refractivity contribution in [1.29, 1.82) is 0 Å². The van der Waals surface area contributed by atoms with Crippen LogP contribution in [0.25, 0.3) is 0 Å². The zero-order valence-electron chi connectivity index (χ0n) is 11.2. The van der Waals surface area contributed by atoms with Crippen LogP contribution >= 0.6 is 0 Å². The normalized spacial score (nSPS) is 19.1. The molecule has 1 aliphatic rings. The van der Waals surface area contributed by atoms with E-state index >= 15 is 0 Å². The van der Waals surface area contributed by atoms with E-state index in [1.54, 1.807) is 0 Å². The molecule has 2 rings (SSSR count). The minimum atomic E-state index is -0.712. The molecule has 1 N–H and O–H groups in total. The molecule has 0 saturated carbocycles. The highest BCUT2D eigenvalue weighted by Crippen LogP contribution is 2.17. The lowest BCUT2D eigenvalue weighted by Crippen LogP contribution is -2.57. The van der Waals surface area contributed by atoms with Gasteiger partial charge in [-0.1, -0.05) is 19.4 Å². The van der Waals surface area contributed by atoms with E-state index in [4.69, 9.17) is 0 Å². The zero-order valence-corrected chi connectivity index (χ0v) is 11.2. The molecule has 2 amide bonds. The molecule has 1 heterocycles. The Kier molecular flexibility index (Phi) is 4.32. The van der Waals surface area contributed by atoms with Crippen molar-refractivity contribution in [3.05, 3.63) is 35.4 Å². The van der Waals surface area contributed by atoms with Crippen LogP contribution in [0, 0.1) is 11.6 Å². The Morgan fingerprint density at radius 3 is 2.55 bits per heavy atom. The summed E-state index contributed by atoms with van der Waals surface area (Å²) >= 11 is 0. The molecule has 20 heavy (non-hydrogen) atoms. The number of rotatable bonds is 4. The molecule has 1 atom stereocenters. The SMILES string of the molecule is CCCC1NC(=O)CN(Cc2c(F)cccc2F)C1=O. The second-order valence-electron chi connectivity index (χ2n) is 4.80. The molecule has 4 nitrogen and oxygen atoms in total. The molecule has 0 spiro atoms. The number of carbonyl (C=O) groups is 2. The Morgan fingerprint density at radius 1 is 1.30 bits per heavy atom. The Morgan fingerprint density at radius 2 is 1.95 bits per heavy atom. The monoisotopic (exact) mass is 282 g/mol. The first-order valence-corrected chi connectivity index (χ1v) is 6.54. The van der Waals surface area contributed by atoms with Crippen molar-refractivity contribution in [3.63, 3.8) is 0 Å². The number of hydrogen-bond acceptors (Lipinski definition) is 2. The van der Waals surface area contributed by atoms with Crippen molar-refractivity contribution < 1.29 is 18.4 Å². The number of benzene rings is 1. The minimum absolute atomic E-state index is 0.174. The van der Waals surface area contributed by atoms with E-state index in [0.717, 1.165) is 18.6 Å². The quantitative estimate of drug-likeness (QED) is 0.911. The molecular formula is C14H16F2N2O2. The molecule has 0 bridgehead atoms. The van der Waals surface area contributed by atoms with Gasteiger partial charge in [-0.2, -0.15) is 0 Å². The number of halogens is 2. The van der Waals surface area contributed by atoms with Crippen LogP contribution in [0.15, 0.2) is 18.2 Å². The van der Waals surface area contributed by atoms with Gasteiger partial charge in [0.15, 0.2) is 0 Å². The summed E-state index contributed by atoms with van der Waals surface area (Å²) in [5.41, 5.74) is -0.189. The Hall–Kier alpha value is -1.98. The second kappa shape index (κ2) is 5.98. The molecular weight excluding hydrogens is 266 g/mol. The lowest BCUT2D eigenvalue weighted by atomic mass is 10.1. The molecule has 1 aromatic rings. The maximum Gasteiger partial charge on any atom is 0.245 e. The molecule has 6 heteroatoms. The van der Waals surface area contributed by atoms with Gasteiger partial charge >= 0.3 is 0 Å². The van der Waals surface area contributed by atoms with Gasteiger partial charge in [0.2, 0.25) is 11.8 Å². The zero-order chi connectivity index (χ0) is 14.7. The maximum atomic E-state index is 13.6. The highest BCUT2D eigenvalue weighted by Gasteiger charge is 2.32. The smallest absolute Gasteiger partial charge is 0.245 e. The van der Waals surface area contributed by atoms with Crippen LogP contribution < -0.4 is 5.32 Å². The van der Waals surface area contributed by atoms with E-state index in [-0.39, 0.29) is 30.5 Å². The summed E-state index contributed by atoms with van der Waals surface area (Å²) in [6.45, 7) is 1.49. The summed E-state index contributed by atoms with van der Waals surface area (Å²) in [7, 11) is 0. The summed E-state index contributed by atoms with van der Waals surface area (Å²) < 4.78 is 27.2. The highest BCUT2D eigenvalue weighted by atomic mass is 19.1. The van der Waals surface area contributed by atoms with Gasteiger partial charge < -0.3 is 10.2 Å². The molecule has 1 fully saturated rings. The number of nitrogens with zero attached hydrogens (tertiary/aromatic N) is 1. The number of carbonyl (C=O) groups excluding carboxylic acids is 2. The second-order valence-corrected chi connectivity index (χ2v) is 4.80. The van der Waals surface area contributed by atoms with Crippen molar-refractivity contribution >= 4 is 11.8 Å². The van der Waals surface area contributed by atoms with Crippen LogP contribution in [0.5, 0.6) is 0 Å². The van der Waals surface area contributed by atoms with E-state index in [2.05, 4.69) is 5.32 Å². The lowest BCUT2D eigenvalue weighted by Gasteiger charge is -2.32. The van der Waals surface area contributed by atoms with Crippen LogP contribution in [0.1, 0.15) is 25.3 Å². The topological polar surface area (TPSA) is 49.4 Å². The third-order valence-corrected chi connectivity index (χ3v) is 3.27. The van der Waals surface area contributed by atoms with Crippen LogP contribution in [0.2, 0.25) is 0 Å². The van der Waals surface area contributed by atoms with Gasteiger partial charge in [0.25, 0.3) is 0 Å². The average molecular weight is 282 g/mol. The average Bonchev–Trinajstić information content (AvgIpc) is 2.39.